The number of ether oxygens (including phenoxy) is 1. The summed E-state index contributed by atoms with van der Waals surface area (Å²) in [6.07, 6.45) is 7.87. The summed E-state index contributed by atoms with van der Waals surface area (Å²) in [6, 6.07) is 0. The van der Waals surface area contributed by atoms with E-state index in [0.717, 1.165) is 44.9 Å². The van der Waals surface area contributed by atoms with Crippen molar-refractivity contribution in [2.24, 2.45) is 40.4 Å². The molecule has 4 aliphatic rings. The van der Waals surface area contributed by atoms with Gasteiger partial charge in [-0.3, -0.25) is 9.59 Å². The van der Waals surface area contributed by atoms with Gasteiger partial charge in [0.2, 0.25) is 0 Å². The summed E-state index contributed by atoms with van der Waals surface area (Å²) in [5, 5.41) is 10.7. The Kier molecular flexibility index (Phi) is 4.49. The zero-order valence-electron chi connectivity index (χ0n) is 16.5. The molecule has 4 aliphatic carbocycles. The summed E-state index contributed by atoms with van der Waals surface area (Å²) in [5.41, 5.74) is 0.225. The van der Waals surface area contributed by atoms with Gasteiger partial charge < -0.3 is 9.84 Å². The fourth-order valence-electron chi connectivity index (χ4n) is 7.70. The second kappa shape index (κ2) is 6.32. The van der Waals surface area contributed by atoms with Crippen molar-refractivity contribution >= 4 is 11.8 Å². The minimum atomic E-state index is -0.203. The molecule has 0 amide bonds. The number of Topliss-reactive ketones (excluding diaryl/α,β-unsaturated/α-hetero) is 1. The highest BCUT2D eigenvalue weighted by Crippen LogP contribution is 2.67. The van der Waals surface area contributed by atoms with Crippen LogP contribution >= 0.6 is 0 Å². The summed E-state index contributed by atoms with van der Waals surface area (Å²) in [6.45, 7) is 4.70. The Bertz CT molecular complexity index is 601. The number of esters is 1. The minimum absolute atomic E-state index is 0.00319. The predicted molar refractivity (Wildman–Crippen MR) is 98.2 cm³/mol. The monoisotopic (exact) mass is 362 g/mol. The molecule has 4 fully saturated rings. The van der Waals surface area contributed by atoms with Gasteiger partial charge in [0.15, 0.2) is 0 Å². The summed E-state index contributed by atoms with van der Waals surface area (Å²) in [5.74, 6) is 2.56. The van der Waals surface area contributed by atoms with Gasteiger partial charge in [-0.15, -0.1) is 0 Å². The van der Waals surface area contributed by atoms with E-state index in [1.807, 2.05) is 0 Å². The van der Waals surface area contributed by atoms with E-state index in [1.54, 1.807) is 0 Å². The SMILES string of the molecule is COC(=O)C[C@@H]1CC2CC(=O)CCC2(C)C2CCC3(C)C(O)CCC3C21. The zero-order chi connectivity index (χ0) is 18.7. The van der Waals surface area contributed by atoms with Gasteiger partial charge in [0.25, 0.3) is 0 Å². The Labute approximate surface area is 157 Å². The third-order valence-electron chi connectivity index (χ3n) is 9.27. The number of ketones is 1. The molecular formula is C22H34O4. The van der Waals surface area contributed by atoms with Crippen LogP contribution in [0.5, 0.6) is 0 Å². The maximum atomic E-state index is 12.2. The second-order valence-electron chi connectivity index (χ2n) is 10.1. The van der Waals surface area contributed by atoms with Crippen molar-refractivity contribution in [2.75, 3.05) is 7.11 Å². The first-order valence-corrected chi connectivity index (χ1v) is 10.6. The van der Waals surface area contributed by atoms with E-state index in [4.69, 9.17) is 4.74 Å². The Morgan fingerprint density at radius 2 is 1.88 bits per heavy atom. The highest BCUT2D eigenvalue weighted by atomic mass is 16.5. The first-order chi connectivity index (χ1) is 12.3. The molecule has 0 heterocycles. The highest BCUT2D eigenvalue weighted by Gasteiger charge is 2.62. The van der Waals surface area contributed by atoms with Crippen LogP contribution in [0, 0.1) is 40.4 Å². The van der Waals surface area contributed by atoms with Gasteiger partial charge in [-0.25, -0.2) is 0 Å². The average molecular weight is 363 g/mol. The largest absolute Gasteiger partial charge is 0.469 e. The molecule has 0 radical (unpaired) electrons. The lowest BCUT2D eigenvalue weighted by molar-refractivity contribution is -0.163. The lowest BCUT2D eigenvalue weighted by atomic mass is 9.42. The van der Waals surface area contributed by atoms with Crippen molar-refractivity contribution in [1.29, 1.82) is 0 Å². The smallest absolute Gasteiger partial charge is 0.305 e. The molecule has 4 nitrogen and oxygen atoms in total. The van der Waals surface area contributed by atoms with Gasteiger partial charge in [0.1, 0.15) is 5.78 Å². The molecule has 26 heavy (non-hydrogen) atoms. The number of hydrogen-bond donors (Lipinski definition) is 1. The van der Waals surface area contributed by atoms with Crippen LogP contribution in [-0.4, -0.2) is 30.1 Å². The van der Waals surface area contributed by atoms with Crippen LogP contribution in [0.2, 0.25) is 0 Å². The van der Waals surface area contributed by atoms with Crippen LogP contribution in [0.4, 0.5) is 0 Å². The molecule has 0 aliphatic heterocycles. The third-order valence-corrected chi connectivity index (χ3v) is 9.27. The Morgan fingerprint density at radius 1 is 1.15 bits per heavy atom. The molecule has 4 heteroatoms. The van der Waals surface area contributed by atoms with Crippen molar-refractivity contribution < 1.29 is 19.4 Å². The molecule has 146 valence electrons. The number of methoxy groups -OCH3 is 1. The molecule has 4 rings (SSSR count). The van der Waals surface area contributed by atoms with Crippen LogP contribution in [0.3, 0.4) is 0 Å². The number of carbonyl (C=O) groups is 2. The van der Waals surface area contributed by atoms with Gasteiger partial charge in [0, 0.05) is 19.3 Å². The Hall–Kier alpha value is -0.900. The van der Waals surface area contributed by atoms with Gasteiger partial charge >= 0.3 is 5.97 Å². The maximum absolute atomic E-state index is 12.2. The summed E-state index contributed by atoms with van der Waals surface area (Å²) < 4.78 is 5.02. The van der Waals surface area contributed by atoms with Crippen LogP contribution < -0.4 is 0 Å². The Balaban J connectivity index is 1.70. The van der Waals surface area contributed by atoms with Crippen LogP contribution in [0.25, 0.3) is 0 Å². The van der Waals surface area contributed by atoms with Gasteiger partial charge in [0.05, 0.1) is 13.2 Å². The standard InChI is InChI=1S/C22H34O4/c1-21-8-6-15(23)12-14(21)10-13(11-19(25)26-3)20-16-4-5-18(24)22(16,2)9-7-17(20)21/h13-14,16-18,20,24H,4-12H2,1-3H3/t13-,14?,16?,17?,18?,20?,21?,22?/m0/s1. The van der Waals surface area contributed by atoms with Crippen LogP contribution in [-0.2, 0) is 14.3 Å². The molecular weight excluding hydrogens is 328 g/mol. The number of aliphatic hydroxyl groups is 1. The molecule has 7 unspecified atom stereocenters. The minimum Gasteiger partial charge on any atom is -0.469 e. The second-order valence-corrected chi connectivity index (χ2v) is 10.1. The molecule has 8 atom stereocenters. The fourth-order valence-corrected chi connectivity index (χ4v) is 7.70. The molecule has 1 N–H and O–H groups in total. The predicted octanol–water partition coefficient (Wildman–Crippen LogP) is 3.75. The van der Waals surface area contributed by atoms with Crippen molar-refractivity contribution in [3.63, 3.8) is 0 Å². The summed E-state index contributed by atoms with van der Waals surface area (Å²) in [7, 11) is 1.47. The first-order valence-electron chi connectivity index (χ1n) is 10.6. The van der Waals surface area contributed by atoms with Gasteiger partial charge in [-0.05, 0) is 78.9 Å². The summed E-state index contributed by atoms with van der Waals surface area (Å²) in [4.78, 5) is 24.3. The van der Waals surface area contributed by atoms with E-state index in [2.05, 4.69) is 13.8 Å². The van der Waals surface area contributed by atoms with E-state index < -0.39 is 0 Å². The molecule has 0 aromatic rings. The van der Waals surface area contributed by atoms with E-state index in [-0.39, 0.29) is 22.9 Å². The summed E-state index contributed by atoms with van der Waals surface area (Å²) >= 11 is 0. The number of rotatable bonds is 2. The fraction of sp³-hybridized carbons (Fsp3) is 0.909. The average Bonchev–Trinajstić information content (AvgIpc) is 2.91. The molecule has 0 bridgehead atoms. The van der Waals surface area contributed by atoms with Crippen LogP contribution in [0.1, 0.15) is 71.6 Å². The molecule has 0 aromatic carbocycles. The quantitative estimate of drug-likeness (QED) is 0.760. The van der Waals surface area contributed by atoms with E-state index in [1.165, 1.54) is 7.11 Å². The number of carbonyl (C=O) groups excluding carboxylic acids is 2. The maximum Gasteiger partial charge on any atom is 0.305 e. The van der Waals surface area contributed by atoms with Crippen molar-refractivity contribution in [1.82, 2.24) is 0 Å². The van der Waals surface area contributed by atoms with Gasteiger partial charge in [-0.2, -0.15) is 0 Å². The van der Waals surface area contributed by atoms with Crippen LogP contribution in [0.15, 0.2) is 0 Å². The molecule has 0 aromatic heterocycles. The van der Waals surface area contributed by atoms with Crippen molar-refractivity contribution in [3.8, 4) is 0 Å². The number of fused-ring (bicyclic) bond motifs is 5. The molecule has 0 saturated heterocycles. The van der Waals surface area contributed by atoms with E-state index >= 15 is 0 Å². The van der Waals surface area contributed by atoms with Crippen molar-refractivity contribution in [3.05, 3.63) is 0 Å². The normalized spacial score (nSPS) is 50.5. The zero-order valence-corrected chi connectivity index (χ0v) is 16.5. The number of aliphatic hydroxyl groups excluding tert-OH is 1. The highest BCUT2D eigenvalue weighted by molar-refractivity contribution is 5.79. The topological polar surface area (TPSA) is 63.6 Å². The van der Waals surface area contributed by atoms with E-state index in [0.29, 0.717) is 48.2 Å². The molecule has 0 spiro atoms. The molecule has 4 saturated carbocycles. The Morgan fingerprint density at radius 3 is 2.62 bits per heavy atom. The number of hydrogen-bond acceptors (Lipinski definition) is 4. The van der Waals surface area contributed by atoms with Gasteiger partial charge in [-0.1, -0.05) is 13.8 Å². The lowest BCUT2D eigenvalue weighted by Crippen LogP contribution is -2.57. The first kappa shape index (κ1) is 18.5. The lowest BCUT2D eigenvalue weighted by Gasteiger charge is -2.62. The third kappa shape index (κ3) is 2.58. The van der Waals surface area contributed by atoms with Crippen molar-refractivity contribution in [2.45, 2.75) is 77.7 Å². The van der Waals surface area contributed by atoms with E-state index in [9.17, 15) is 14.7 Å².